The van der Waals surface area contributed by atoms with E-state index in [-0.39, 0.29) is 17.9 Å². The molecule has 5 heteroatoms. The van der Waals surface area contributed by atoms with Gasteiger partial charge in [-0.1, -0.05) is 36.0 Å². The lowest BCUT2D eigenvalue weighted by molar-refractivity contribution is -0.120. The maximum absolute atomic E-state index is 12.4. The number of amides is 1. The van der Waals surface area contributed by atoms with Crippen molar-refractivity contribution in [1.82, 2.24) is 4.90 Å². The summed E-state index contributed by atoms with van der Waals surface area (Å²) in [5.74, 6) is 1.40. The second-order valence-electron chi connectivity index (χ2n) is 6.32. The van der Waals surface area contributed by atoms with Crippen molar-refractivity contribution in [3.8, 4) is 0 Å². The van der Waals surface area contributed by atoms with E-state index >= 15 is 0 Å². The first-order valence-electron chi connectivity index (χ1n) is 8.31. The molecule has 1 aromatic rings. The Morgan fingerprint density at radius 2 is 2.30 bits per heavy atom. The van der Waals surface area contributed by atoms with Crippen LogP contribution in [0.15, 0.2) is 41.4 Å². The Labute approximate surface area is 141 Å². The quantitative estimate of drug-likeness (QED) is 0.865. The fourth-order valence-corrected chi connectivity index (χ4v) is 4.43. The lowest BCUT2D eigenvalue weighted by atomic mass is 9.93. The summed E-state index contributed by atoms with van der Waals surface area (Å²) in [5.41, 5.74) is 2.08. The van der Waals surface area contributed by atoms with Gasteiger partial charge < -0.3 is 10.2 Å². The van der Waals surface area contributed by atoms with E-state index in [1.54, 1.807) is 0 Å². The van der Waals surface area contributed by atoms with Crippen LogP contribution in [0, 0.1) is 5.92 Å². The van der Waals surface area contributed by atoms with Crippen LogP contribution in [0.5, 0.6) is 0 Å². The summed E-state index contributed by atoms with van der Waals surface area (Å²) in [5, 5.41) is 4.26. The van der Waals surface area contributed by atoms with Gasteiger partial charge in [0.05, 0.1) is 6.04 Å². The highest BCUT2D eigenvalue weighted by atomic mass is 32.2. The number of hydrogen-bond acceptors (Lipinski definition) is 4. The molecular formula is C18H21N3OS. The van der Waals surface area contributed by atoms with Crippen LogP contribution in [0.1, 0.15) is 30.9 Å². The Bertz CT molecular complexity index is 670. The number of nitrogens with one attached hydrogen (secondary N) is 1. The summed E-state index contributed by atoms with van der Waals surface area (Å²) in [6.07, 6.45) is 7.08. The number of aliphatic imine (C=N–C) groups is 1. The van der Waals surface area contributed by atoms with E-state index < -0.39 is 0 Å². The van der Waals surface area contributed by atoms with E-state index in [4.69, 9.17) is 4.99 Å². The van der Waals surface area contributed by atoms with Crippen molar-refractivity contribution in [2.45, 2.75) is 25.3 Å². The maximum Gasteiger partial charge on any atom is 0.227 e. The van der Waals surface area contributed by atoms with Gasteiger partial charge in [-0.15, -0.1) is 0 Å². The lowest BCUT2D eigenvalue weighted by Gasteiger charge is -2.18. The Balaban J connectivity index is 1.45. The highest BCUT2D eigenvalue weighted by Crippen LogP contribution is 2.33. The van der Waals surface area contributed by atoms with Gasteiger partial charge in [0.1, 0.15) is 0 Å². The molecule has 2 unspecified atom stereocenters. The van der Waals surface area contributed by atoms with Gasteiger partial charge in [0.25, 0.3) is 0 Å². The standard InChI is InChI=1S/C18H21N3OS/c22-17(13-5-2-1-3-6-13)19-15-8-4-7-14(11-15)16-12-21-9-10-23-18(21)20-16/h1-2,4,7-8,11,13,16H,3,5-6,9-10,12H2,(H,19,22). The van der Waals surface area contributed by atoms with Crippen molar-refractivity contribution in [3.05, 3.63) is 42.0 Å². The summed E-state index contributed by atoms with van der Waals surface area (Å²) >= 11 is 1.84. The predicted molar refractivity (Wildman–Crippen MR) is 95.8 cm³/mol. The van der Waals surface area contributed by atoms with Crippen molar-refractivity contribution in [3.63, 3.8) is 0 Å². The van der Waals surface area contributed by atoms with Crippen molar-refractivity contribution < 1.29 is 4.79 Å². The van der Waals surface area contributed by atoms with Crippen molar-refractivity contribution in [2.75, 3.05) is 24.2 Å². The zero-order valence-corrected chi connectivity index (χ0v) is 13.9. The van der Waals surface area contributed by atoms with Crippen LogP contribution >= 0.6 is 11.8 Å². The normalized spacial score (nSPS) is 26.1. The summed E-state index contributed by atoms with van der Waals surface area (Å²) in [7, 11) is 0. The fraction of sp³-hybridized carbons (Fsp3) is 0.444. The third-order valence-corrected chi connectivity index (χ3v) is 5.71. The van der Waals surface area contributed by atoms with Gasteiger partial charge in [0, 0.05) is 30.4 Å². The van der Waals surface area contributed by atoms with Gasteiger partial charge in [0.2, 0.25) is 5.91 Å². The largest absolute Gasteiger partial charge is 0.348 e. The van der Waals surface area contributed by atoms with Gasteiger partial charge in [-0.3, -0.25) is 9.79 Å². The molecule has 120 valence electrons. The number of fused-ring (bicyclic) bond motifs is 1. The first-order valence-corrected chi connectivity index (χ1v) is 9.29. The molecule has 1 aromatic carbocycles. The number of carbonyl (C=O) groups is 1. The van der Waals surface area contributed by atoms with Crippen LogP contribution in [0.3, 0.4) is 0 Å². The van der Waals surface area contributed by atoms with Gasteiger partial charge in [-0.2, -0.15) is 0 Å². The topological polar surface area (TPSA) is 44.7 Å². The molecule has 1 saturated heterocycles. The average Bonchev–Trinajstić information content (AvgIpc) is 3.17. The molecule has 2 aliphatic heterocycles. The van der Waals surface area contributed by atoms with Crippen LogP contribution in [0.2, 0.25) is 0 Å². The molecule has 3 aliphatic rings. The molecule has 0 radical (unpaired) electrons. The molecule has 23 heavy (non-hydrogen) atoms. The molecule has 4 rings (SSSR count). The summed E-state index contributed by atoms with van der Waals surface area (Å²) in [6, 6.07) is 8.38. The third kappa shape index (κ3) is 3.15. The summed E-state index contributed by atoms with van der Waals surface area (Å²) < 4.78 is 0. The van der Waals surface area contributed by atoms with Gasteiger partial charge in [-0.25, -0.2) is 0 Å². The number of rotatable bonds is 3. The van der Waals surface area contributed by atoms with Crippen LogP contribution in [-0.4, -0.2) is 34.8 Å². The van der Waals surface area contributed by atoms with Crippen molar-refractivity contribution >= 4 is 28.5 Å². The lowest BCUT2D eigenvalue weighted by Crippen LogP contribution is -2.23. The first-order chi connectivity index (χ1) is 11.3. The van der Waals surface area contributed by atoms with Crippen LogP contribution in [0.4, 0.5) is 5.69 Å². The molecule has 1 amide bonds. The predicted octanol–water partition coefficient (Wildman–Crippen LogP) is 3.44. The van der Waals surface area contributed by atoms with Gasteiger partial charge in [-0.05, 0) is 37.0 Å². The Hall–Kier alpha value is -1.75. The van der Waals surface area contributed by atoms with E-state index in [9.17, 15) is 4.79 Å². The SMILES string of the molecule is O=C(Nc1cccc(C2CN3CCSC3=N2)c1)C1CC=CCC1. The molecule has 1 N–H and O–H groups in total. The Morgan fingerprint density at radius 3 is 3.13 bits per heavy atom. The monoisotopic (exact) mass is 327 g/mol. The minimum absolute atomic E-state index is 0.109. The third-order valence-electron chi connectivity index (χ3n) is 4.70. The second kappa shape index (κ2) is 6.40. The first kappa shape index (κ1) is 14.8. The van der Waals surface area contributed by atoms with Crippen LogP contribution in [-0.2, 0) is 4.79 Å². The minimum atomic E-state index is 0.109. The van der Waals surface area contributed by atoms with Gasteiger partial charge in [0.15, 0.2) is 5.17 Å². The van der Waals surface area contributed by atoms with Gasteiger partial charge >= 0.3 is 0 Å². The molecule has 0 aromatic heterocycles. The van der Waals surface area contributed by atoms with Crippen molar-refractivity contribution in [1.29, 1.82) is 0 Å². The molecule has 4 nitrogen and oxygen atoms in total. The van der Waals surface area contributed by atoms with E-state index in [2.05, 4.69) is 34.5 Å². The minimum Gasteiger partial charge on any atom is -0.348 e. The molecular weight excluding hydrogens is 306 g/mol. The zero-order valence-electron chi connectivity index (χ0n) is 13.1. The molecule has 0 bridgehead atoms. The second-order valence-corrected chi connectivity index (χ2v) is 7.38. The molecule has 2 heterocycles. The summed E-state index contributed by atoms with van der Waals surface area (Å²) in [4.78, 5) is 19.5. The highest BCUT2D eigenvalue weighted by Gasteiger charge is 2.30. The van der Waals surface area contributed by atoms with Crippen LogP contribution in [0.25, 0.3) is 0 Å². The average molecular weight is 327 g/mol. The maximum atomic E-state index is 12.4. The smallest absolute Gasteiger partial charge is 0.227 e. The number of carbonyl (C=O) groups excluding carboxylic acids is 1. The number of benzene rings is 1. The number of nitrogens with zero attached hydrogens (tertiary/aromatic N) is 2. The molecule has 1 fully saturated rings. The number of anilines is 1. The molecule has 1 aliphatic carbocycles. The van der Waals surface area contributed by atoms with E-state index in [0.29, 0.717) is 0 Å². The zero-order chi connectivity index (χ0) is 15.6. The Morgan fingerprint density at radius 1 is 1.35 bits per heavy atom. The number of amidine groups is 1. The number of thioether (sulfide) groups is 1. The molecule has 2 atom stereocenters. The van der Waals surface area contributed by atoms with E-state index in [1.165, 1.54) is 10.7 Å². The molecule has 0 spiro atoms. The fourth-order valence-electron chi connectivity index (χ4n) is 3.38. The number of hydrogen-bond donors (Lipinski definition) is 1. The Kier molecular flexibility index (Phi) is 4.12. The van der Waals surface area contributed by atoms with E-state index in [0.717, 1.165) is 43.8 Å². The highest BCUT2D eigenvalue weighted by molar-refractivity contribution is 8.14. The molecule has 0 saturated carbocycles. The van der Waals surface area contributed by atoms with E-state index in [1.807, 2.05) is 23.9 Å². The van der Waals surface area contributed by atoms with Crippen molar-refractivity contribution in [2.24, 2.45) is 10.9 Å². The van der Waals surface area contributed by atoms with Crippen LogP contribution < -0.4 is 5.32 Å². The number of allylic oxidation sites excluding steroid dienone is 2. The summed E-state index contributed by atoms with van der Waals surface area (Å²) in [6.45, 7) is 2.07.